The van der Waals surface area contributed by atoms with Crippen LogP contribution < -0.4 is 0 Å². The molecule has 0 radical (unpaired) electrons. The van der Waals surface area contributed by atoms with Crippen molar-refractivity contribution >= 4 is 11.9 Å². The predicted molar refractivity (Wildman–Crippen MR) is 58.1 cm³/mol. The van der Waals surface area contributed by atoms with Crippen molar-refractivity contribution in [3.8, 4) is 0 Å². The van der Waals surface area contributed by atoms with E-state index < -0.39 is 29.6 Å². The lowest BCUT2D eigenvalue weighted by molar-refractivity contribution is -0.141. The number of carbonyl (C=O) groups is 2. The molecule has 0 unspecified atom stereocenters. The lowest BCUT2D eigenvalue weighted by atomic mass is 10.1. The maximum Gasteiger partial charge on any atom is 0.326 e. The molecule has 6 heteroatoms. The summed E-state index contributed by atoms with van der Waals surface area (Å²) in [6.45, 7) is 0.286. The fourth-order valence-electron chi connectivity index (χ4n) is 2.11. The number of hydrogen-bond donors (Lipinski definition) is 1. The number of benzene rings is 1. The van der Waals surface area contributed by atoms with Crippen LogP contribution in [0.3, 0.4) is 0 Å². The lowest BCUT2D eigenvalue weighted by Crippen LogP contribution is -2.40. The van der Waals surface area contributed by atoms with Crippen molar-refractivity contribution in [2.75, 3.05) is 6.54 Å². The molecule has 1 aromatic rings. The van der Waals surface area contributed by atoms with Crippen LogP contribution in [0.4, 0.5) is 8.78 Å². The molecule has 4 nitrogen and oxygen atoms in total. The molecule has 0 bridgehead atoms. The Kier molecular flexibility index (Phi) is 3.27. The first-order valence-electron chi connectivity index (χ1n) is 5.49. The average Bonchev–Trinajstić information content (AvgIpc) is 2.75. The first-order valence-corrected chi connectivity index (χ1v) is 5.49. The summed E-state index contributed by atoms with van der Waals surface area (Å²) in [7, 11) is 0. The van der Waals surface area contributed by atoms with Crippen molar-refractivity contribution in [2.24, 2.45) is 0 Å². The van der Waals surface area contributed by atoms with Crippen LogP contribution in [-0.4, -0.2) is 34.5 Å². The van der Waals surface area contributed by atoms with Crippen LogP contribution in [0.2, 0.25) is 0 Å². The fourth-order valence-corrected chi connectivity index (χ4v) is 2.11. The lowest BCUT2D eigenvalue weighted by Gasteiger charge is -2.21. The third-order valence-electron chi connectivity index (χ3n) is 2.91. The van der Waals surface area contributed by atoms with Gasteiger partial charge in [0.15, 0.2) is 0 Å². The molecule has 0 aromatic heterocycles. The highest BCUT2D eigenvalue weighted by atomic mass is 19.1. The Morgan fingerprint density at radius 3 is 2.39 bits per heavy atom. The number of aliphatic carboxylic acids is 1. The van der Waals surface area contributed by atoms with Gasteiger partial charge in [0.25, 0.3) is 5.91 Å². The summed E-state index contributed by atoms with van der Waals surface area (Å²) in [6.07, 6.45) is 0.930. The standard InChI is InChI=1S/C12H11F2NO3/c13-8-4-7(5-9(14)6-8)11(16)15-3-1-2-10(15)12(17)18/h4-6,10H,1-3H2,(H,17,18)/t10-/m1/s1. The van der Waals surface area contributed by atoms with Gasteiger partial charge in [0.1, 0.15) is 17.7 Å². The minimum Gasteiger partial charge on any atom is -0.480 e. The highest BCUT2D eigenvalue weighted by Gasteiger charge is 2.34. The van der Waals surface area contributed by atoms with Crippen LogP contribution in [-0.2, 0) is 4.79 Å². The zero-order chi connectivity index (χ0) is 13.3. The quantitative estimate of drug-likeness (QED) is 0.874. The molecule has 1 heterocycles. The van der Waals surface area contributed by atoms with Crippen LogP contribution in [0.1, 0.15) is 23.2 Å². The third kappa shape index (κ3) is 2.32. The Hall–Kier alpha value is -1.98. The Morgan fingerprint density at radius 1 is 1.22 bits per heavy atom. The number of likely N-dealkylation sites (tertiary alicyclic amines) is 1. The van der Waals surface area contributed by atoms with Gasteiger partial charge in [-0.2, -0.15) is 0 Å². The molecule has 1 aliphatic heterocycles. The zero-order valence-electron chi connectivity index (χ0n) is 9.40. The molecule has 2 rings (SSSR count). The predicted octanol–water partition coefficient (Wildman–Crippen LogP) is 1.65. The first kappa shape index (κ1) is 12.5. The fraction of sp³-hybridized carbons (Fsp3) is 0.333. The van der Waals surface area contributed by atoms with E-state index in [0.717, 1.165) is 17.0 Å². The summed E-state index contributed by atoms with van der Waals surface area (Å²) in [5.74, 6) is -3.47. The summed E-state index contributed by atoms with van der Waals surface area (Å²) in [6, 6.07) is 1.56. The van der Waals surface area contributed by atoms with E-state index in [1.54, 1.807) is 0 Å². The number of rotatable bonds is 2. The van der Waals surface area contributed by atoms with Crippen LogP contribution in [0.5, 0.6) is 0 Å². The van der Waals surface area contributed by atoms with Gasteiger partial charge in [0, 0.05) is 18.2 Å². The van der Waals surface area contributed by atoms with Crippen molar-refractivity contribution in [3.63, 3.8) is 0 Å². The molecule has 1 aliphatic rings. The maximum atomic E-state index is 13.0. The van der Waals surface area contributed by atoms with E-state index >= 15 is 0 Å². The molecule has 0 saturated carbocycles. The highest BCUT2D eigenvalue weighted by molar-refractivity contribution is 5.97. The summed E-state index contributed by atoms with van der Waals surface area (Å²) in [4.78, 5) is 24.1. The van der Waals surface area contributed by atoms with Gasteiger partial charge in [-0.15, -0.1) is 0 Å². The number of amides is 1. The van der Waals surface area contributed by atoms with Crippen molar-refractivity contribution in [1.29, 1.82) is 0 Å². The van der Waals surface area contributed by atoms with E-state index in [2.05, 4.69) is 0 Å². The number of carboxylic acid groups (broad SMARTS) is 1. The van der Waals surface area contributed by atoms with Gasteiger partial charge in [0.05, 0.1) is 0 Å². The van der Waals surface area contributed by atoms with Crippen LogP contribution >= 0.6 is 0 Å². The zero-order valence-corrected chi connectivity index (χ0v) is 9.40. The number of carboxylic acids is 1. The Labute approximate surface area is 102 Å². The van der Waals surface area contributed by atoms with Crippen LogP contribution in [0.25, 0.3) is 0 Å². The molecule has 1 aromatic carbocycles. The summed E-state index contributed by atoms with van der Waals surface area (Å²) in [5.41, 5.74) is -0.166. The van der Waals surface area contributed by atoms with Crippen LogP contribution in [0.15, 0.2) is 18.2 Å². The smallest absolute Gasteiger partial charge is 0.326 e. The van der Waals surface area contributed by atoms with Crippen molar-refractivity contribution < 1.29 is 23.5 Å². The van der Waals surface area contributed by atoms with Gasteiger partial charge in [0.2, 0.25) is 0 Å². The van der Waals surface area contributed by atoms with E-state index in [0.29, 0.717) is 18.9 Å². The highest BCUT2D eigenvalue weighted by Crippen LogP contribution is 2.21. The molecule has 1 N–H and O–H groups in total. The Bertz CT molecular complexity index is 484. The Balaban J connectivity index is 2.28. The normalized spacial score (nSPS) is 19.0. The van der Waals surface area contributed by atoms with Crippen LogP contribution in [0, 0.1) is 11.6 Å². The van der Waals surface area contributed by atoms with Crippen molar-refractivity contribution in [2.45, 2.75) is 18.9 Å². The van der Waals surface area contributed by atoms with Gasteiger partial charge < -0.3 is 10.0 Å². The second-order valence-electron chi connectivity index (χ2n) is 4.15. The van der Waals surface area contributed by atoms with E-state index in [9.17, 15) is 18.4 Å². The number of halogens is 2. The molecule has 18 heavy (non-hydrogen) atoms. The molecule has 1 atom stereocenters. The largest absolute Gasteiger partial charge is 0.480 e. The van der Waals surface area contributed by atoms with Crippen molar-refractivity contribution in [1.82, 2.24) is 4.90 Å². The Morgan fingerprint density at radius 2 is 1.83 bits per heavy atom. The summed E-state index contributed by atoms with van der Waals surface area (Å²) >= 11 is 0. The van der Waals surface area contributed by atoms with E-state index in [1.807, 2.05) is 0 Å². The van der Waals surface area contributed by atoms with Gasteiger partial charge in [-0.3, -0.25) is 4.79 Å². The number of hydrogen-bond acceptors (Lipinski definition) is 2. The minimum absolute atomic E-state index is 0.166. The third-order valence-corrected chi connectivity index (χ3v) is 2.91. The van der Waals surface area contributed by atoms with Gasteiger partial charge in [-0.1, -0.05) is 0 Å². The molecular weight excluding hydrogens is 244 g/mol. The molecule has 96 valence electrons. The summed E-state index contributed by atoms with van der Waals surface area (Å²) < 4.78 is 26.0. The van der Waals surface area contributed by atoms with Crippen molar-refractivity contribution in [3.05, 3.63) is 35.4 Å². The maximum absolute atomic E-state index is 13.0. The van der Waals surface area contributed by atoms with Gasteiger partial charge >= 0.3 is 5.97 Å². The second-order valence-corrected chi connectivity index (χ2v) is 4.15. The minimum atomic E-state index is -1.10. The topological polar surface area (TPSA) is 57.6 Å². The van der Waals surface area contributed by atoms with E-state index in [1.165, 1.54) is 0 Å². The first-order chi connectivity index (χ1) is 8.49. The van der Waals surface area contributed by atoms with Gasteiger partial charge in [-0.25, -0.2) is 13.6 Å². The second kappa shape index (κ2) is 4.72. The molecular formula is C12H11F2NO3. The molecule has 1 amide bonds. The molecule has 0 spiro atoms. The monoisotopic (exact) mass is 255 g/mol. The SMILES string of the molecule is O=C(O)[C@H]1CCCN1C(=O)c1cc(F)cc(F)c1. The van der Waals surface area contributed by atoms with E-state index in [-0.39, 0.29) is 12.1 Å². The molecule has 1 saturated heterocycles. The average molecular weight is 255 g/mol. The summed E-state index contributed by atoms with van der Waals surface area (Å²) in [5, 5.41) is 8.95. The molecule has 1 fully saturated rings. The van der Waals surface area contributed by atoms with E-state index in [4.69, 9.17) is 5.11 Å². The van der Waals surface area contributed by atoms with Gasteiger partial charge in [-0.05, 0) is 25.0 Å². The molecule has 0 aliphatic carbocycles. The number of carbonyl (C=O) groups excluding carboxylic acids is 1. The number of nitrogens with zero attached hydrogens (tertiary/aromatic N) is 1.